The van der Waals surface area contributed by atoms with Crippen LogP contribution in [0.2, 0.25) is 5.02 Å². The second-order valence-electron chi connectivity index (χ2n) is 4.62. The first-order chi connectivity index (χ1) is 8.83. The summed E-state index contributed by atoms with van der Waals surface area (Å²) in [5.74, 6) is 0.124. The zero-order valence-electron chi connectivity index (χ0n) is 11.6. The molecule has 0 aliphatic carbocycles. The first-order valence-corrected chi connectivity index (χ1v) is 8.65. The molecule has 0 aromatic heterocycles. The number of anilines is 1. The summed E-state index contributed by atoms with van der Waals surface area (Å²) in [6.45, 7) is 4.18. The molecule has 0 saturated carbocycles. The maximum absolute atomic E-state index is 11.2. The zero-order valence-corrected chi connectivity index (χ0v) is 13.2. The molecule has 0 spiro atoms. The molecule has 0 heterocycles. The Morgan fingerprint density at radius 2 is 2.05 bits per heavy atom. The molecule has 0 atom stereocenters. The lowest BCUT2D eigenvalue weighted by molar-refractivity contribution is 0.601. The van der Waals surface area contributed by atoms with Crippen LogP contribution in [0.3, 0.4) is 0 Å². The molecule has 0 fully saturated rings. The van der Waals surface area contributed by atoms with Gasteiger partial charge in [0.25, 0.3) is 0 Å². The molecular weight excluding hydrogens is 284 g/mol. The van der Waals surface area contributed by atoms with Gasteiger partial charge >= 0.3 is 0 Å². The van der Waals surface area contributed by atoms with Crippen LogP contribution >= 0.6 is 11.6 Å². The summed E-state index contributed by atoms with van der Waals surface area (Å²) in [5.41, 5.74) is 1.97. The standard InChI is InChI=1S/C13H21ClN2O2S/c1-4-15-10-11-5-6-13(12(14)9-11)16(2)7-8-19(3,17)18/h5-6,9,15H,4,7-8,10H2,1-3H3. The van der Waals surface area contributed by atoms with Gasteiger partial charge in [0.05, 0.1) is 16.5 Å². The van der Waals surface area contributed by atoms with E-state index in [1.165, 1.54) is 6.26 Å². The van der Waals surface area contributed by atoms with E-state index in [4.69, 9.17) is 11.6 Å². The highest BCUT2D eigenvalue weighted by Gasteiger charge is 2.10. The Bertz CT molecular complexity index is 517. The fraction of sp³-hybridized carbons (Fsp3) is 0.538. The van der Waals surface area contributed by atoms with E-state index in [-0.39, 0.29) is 5.75 Å². The van der Waals surface area contributed by atoms with E-state index in [2.05, 4.69) is 12.2 Å². The van der Waals surface area contributed by atoms with Crippen LogP contribution in [0, 0.1) is 0 Å². The summed E-state index contributed by atoms with van der Waals surface area (Å²) >= 11 is 6.23. The van der Waals surface area contributed by atoms with Gasteiger partial charge in [-0.2, -0.15) is 0 Å². The summed E-state index contributed by atoms with van der Waals surface area (Å²) in [6.07, 6.45) is 1.24. The number of rotatable bonds is 7. The van der Waals surface area contributed by atoms with E-state index < -0.39 is 9.84 Å². The van der Waals surface area contributed by atoms with Crippen LogP contribution in [-0.4, -0.2) is 40.6 Å². The Morgan fingerprint density at radius 3 is 2.58 bits per heavy atom. The molecule has 0 aliphatic heterocycles. The smallest absolute Gasteiger partial charge is 0.149 e. The van der Waals surface area contributed by atoms with Gasteiger partial charge in [-0.3, -0.25) is 0 Å². The Morgan fingerprint density at radius 1 is 1.37 bits per heavy atom. The third kappa shape index (κ3) is 5.80. The van der Waals surface area contributed by atoms with Crippen LogP contribution in [0.25, 0.3) is 0 Å². The Balaban J connectivity index is 2.72. The summed E-state index contributed by atoms with van der Waals surface area (Å²) in [4.78, 5) is 1.86. The quantitative estimate of drug-likeness (QED) is 0.836. The molecule has 4 nitrogen and oxygen atoms in total. The van der Waals surface area contributed by atoms with Crippen LogP contribution in [0.15, 0.2) is 18.2 Å². The number of nitrogens with one attached hydrogen (secondary N) is 1. The number of benzene rings is 1. The zero-order chi connectivity index (χ0) is 14.5. The Labute approximate surface area is 120 Å². The minimum Gasteiger partial charge on any atom is -0.372 e. The summed E-state index contributed by atoms with van der Waals surface area (Å²) < 4.78 is 22.3. The highest BCUT2D eigenvalue weighted by molar-refractivity contribution is 7.90. The Hall–Kier alpha value is -0.780. The molecule has 0 bridgehead atoms. The first-order valence-electron chi connectivity index (χ1n) is 6.21. The van der Waals surface area contributed by atoms with Gasteiger partial charge in [0.1, 0.15) is 9.84 Å². The lowest BCUT2D eigenvalue weighted by Gasteiger charge is -2.20. The second-order valence-corrected chi connectivity index (χ2v) is 7.28. The van der Waals surface area contributed by atoms with Gasteiger partial charge in [0, 0.05) is 26.4 Å². The van der Waals surface area contributed by atoms with E-state index in [1.54, 1.807) is 0 Å². The third-order valence-corrected chi connectivity index (χ3v) is 4.03. The normalized spacial score (nSPS) is 11.6. The van der Waals surface area contributed by atoms with Crippen molar-refractivity contribution in [1.82, 2.24) is 5.32 Å². The molecule has 1 aromatic rings. The van der Waals surface area contributed by atoms with E-state index in [0.717, 1.165) is 24.3 Å². The highest BCUT2D eigenvalue weighted by Crippen LogP contribution is 2.26. The van der Waals surface area contributed by atoms with Gasteiger partial charge in [0.2, 0.25) is 0 Å². The van der Waals surface area contributed by atoms with Crippen LogP contribution in [0.1, 0.15) is 12.5 Å². The number of sulfone groups is 1. The highest BCUT2D eigenvalue weighted by atomic mass is 35.5. The van der Waals surface area contributed by atoms with Crippen molar-refractivity contribution >= 4 is 27.1 Å². The number of hydrogen-bond donors (Lipinski definition) is 1. The average molecular weight is 305 g/mol. The van der Waals surface area contributed by atoms with E-state index in [0.29, 0.717) is 11.6 Å². The lowest BCUT2D eigenvalue weighted by Crippen LogP contribution is -2.25. The first kappa shape index (κ1) is 16.3. The molecule has 1 N–H and O–H groups in total. The molecule has 0 unspecified atom stereocenters. The van der Waals surface area contributed by atoms with Gasteiger partial charge in [-0.15, -0.1) is 0 Å². The van der Waals surface area contributed by atoms with Crippen LogP contribution in [0.4, 0.5) is 5.69 Å². The second kappa shape index (κ2) is 7.12. The average Bonchev–Trinajstić information content (AvgIpc) is 2.32. The maximum atomic E-state index is 11.2. The molecule has 1 rings (SSSR count). The summed E-state index contributed by atoms with van der Waals surface area (Å²) in [7, 11) is -1.11. The van der Waals surface area contributed by atoms with Gasteiger partial charge < -0.3 is 10.2 Å². The lowest BCUT2D eigenvalue weighted by atomic mass is 10.2. The maximum Gasteiger partial charge on any atom is 0.149 e. The summed E-state index contributed by atoms with van der Waals surface area (Å²) in [5, 5.41) is 3.88. The minimum absolute atomic E-state index is 0.124. The largest absolute Gasteiger partial charge is 0.372 e. The van der Waals surface area contributed by atoms with E-state index in [1.807, 2.05) is 30.1 Å². The number of halogens is 1. The fourth-order valence-electron chi connectivity index (χ4n) is 1.66. The van der Waals surface area contributed by atoms with Crippen molar-refractivity contribution < 1.29 is 8.42 Å². The van der Waals surface area contributed by atoms with Gasteiger partial charge in [0.15, 0.2) is 0 Å². The molecule has 0 saturated heterocycles. The predicted octanol–water partition coefficient (Wildman–Crippen LogP) is 1.93. The van der Waals surface area contributed by atoms with Crippen LogP contribution < -0.4 is 10.2 Å². The molecule has 0 amide bonds. The van der Waals surface area contributed by atoms with Crippen LogP contribution in [-0.2, 0) is 16.4 Å². The molecule has 0 aliphatic rings. The van der Waals surface area contributed by atoms with Crippen molar-refractivity contribution in [2.75, 3.05) is 37.0 Å². The number of hydrogen-bond acceptors (Lipinski definition) is 4. The monoisotopic (exact) mass is 304 g/mol. The van der Waals surface area contributed by atoms with Gasteiger partial charge in [-0.1, -0.05) is 24.6 Å². The van der Waals surface area contributed by atoms with Crippen LogP contribution in [0.5, 0.6) is 0 Å². The molecule has 19 heavy (non-hydrogen) atoms. The fourth-order valence-corrected chi connectivity index (χ4v) is 2.62. The van der Waals surface area contributed by atoms with E-state index in [9.17, 15) is 8.42 Å². The molecule has 108 valence electrons. The topological polar surface area (TPSA) is 49.4 Å². The van der Waals surface area contributed by atoms with Gasteiger partial charge in [-0.05, 0) is 24.2 Å². The van der Waals surface area contributed by atoms with Crippen molar-refractivity contribution in [3.63, 3.8) is 0 Å². The molecule has 6 heteroatoms. The van der Waals surface area contributed by atoms with Crippen molar-refractivity contribution in [3.05, 3.63) is 28.8 Å². The van der Waals surface area contributed by atoms with Crippen molar-refractivity contribution in [2.24, 2.45) is 0 Å². The van der Waals surface area contributed by atoms with Crippen molar-refractivity contribution in [1.29, 1.82) is 0 Å². The molecule has 1 aromatic carbocycles. The summed E-state index contributed by atoms with van der Waals surface area (Å²) in [6, 6.07) is 5.84. The molecular formula is C13H21ClN2O2S. The Kier molecular flexibility index (Phi) is 6.10. The molecule has 0 radical (unpaired) electrons. The van der Waals surface area contributed by atoms with Crippen molar-refractivity contribution in [2.45, 2.75) is 13.5 Å². The predicted molar refractivity (Wildman–Crippen MR) is 81.8 cm³/mol. The van der Waals surface area contributed by atoms with Gasteiger partial charge in [-0.25, -0.2) is 8.42 Å². The third-order valence-electron chi connectivity index (χ3n) is 2.80. The SMILES string of the molecule is CCNCc1ccc(N(C)CCS(C)(=O)=O)c(Cl)c1. The van der Waals surface area contributed by atoms with Crippen molar-refractivity contribution in [3.8, 4) is 0 Å². The van der Waals surface area contributed by atoms with E-state index >= 15 is 0 Å². The number of nitrogens with zero attached hydrogens (tertiary/aromatic N) is 1. The minimum atomic E-state index is -2.95.